The highest BCUT2D eigenvalue weighted by Crippen LogP contribution is 2.50. The smallest absolute Gasteiger partial charge is 0.226 e. The van der Waals surface area contributed by atoms with Crippen molar-refractivity contribution in [1.82, 2.24) is 14.4 Å². The van der Waals surface area contributed by atoms with Crippen LogP contribution in [-0.4, -0.2) is 65.8 Å². The van der Waals surface area contributed by atoms with Crippen LogP contribution in [0.5, 0.6) is 5.75 Å². The first-order valence-corrected chi connectivity index (χ1v) is 9.76. The maximum Gasteiger partial charge on any atom is 0.226 e. The number of fused-ring (bicyclic) bond motifs is 4. The maximum atomic E-state index is 13.0. The van der Waals surface area contributed by atoms with Crippen LogP contribution in [0.3, 0.4) is 0 Å². The maximum absolute atomic E-state index is 13.0. The molecule has 0 radical (unpaired) electrons. The van der Waals surface area contributed by atoms with Gasteiger partial charge in [-0.25, -0.2) is 0 Å². The zero-order chi connectivity index (χ0) is 18.9. The third kappa shape index (κ3) is 2.29. The van der Waals surface area contributed by atoms with Crippen molar-refractivity contribution in [1.29, 1.82) is 0 Å². The van der Waals surface area contributed by atoms with E-state index in [1.807, 2.05) is 18.0 Å². The van der Waals surface area contributed by atoms with E-state index < -0.39 is 0 Å². The summed E-state index contributed by atoms with van der Waals surface area (Å²) < 4.78 is 7.60. The molecule has 1 N–H and O–H groups in total. The number of aliphatic hydroxyl groups excluding tert-OH is 1. The molecular formula is C21H27N3O3. The molecule has 1 aliphatic carbocycles. The van der Waals surface area contributed by atoms with Crippen molar-refractivity contribution in [3.05, 3.63) is 29.5 Å². The summed E-state index contributed by atoms with van der Waals surface area (Å²) in [6.07, 6.45) is 1.97. The number of ether oxygens (including phenoxy) is 1. The van der Waals surface area contributed by atoms with E-state index in [1.165, 1.54) is 10.9 Å². The highest BCUT2D eigenvalue weighted by atomic mass is 16.5. The van der Waals surface area contributed by atoms with Crippen LogP contribution in [0.1, 0.15) is 30.1 Å². The van der Waals surface area contributed by atoms with Crippen molar-refractivity contribution >= 4 is 16.8 Å². The second-order valence-corrected chi connectivity index (χ2v) is 8.59. The number of aliphatic hydroxyl groups is 1. The van der Waals surface area contributed by atoms with Gasteiger partial charge in [0.15, 0.2) is 0 Å². The van der Waals surface area contributed by atoms with Gasteiger partial charge in [0.2, 0.25) is 5.91 Å². The minimum Gasteiger partial charge on any atom is -0.497 e. The van der Waals surface area contributed by atoms with E-state index >= 15 is 0 Å². The van der Waals surface area contributed by atoms with E-state index in [4.69, 9.17) is 4.74 Å². The zero-order valence-corrected chi connectivity index (χ0v) is 16.2. The molecule has 3 aliphatic rings. The number of carbonyl (C=O) groups excluding carboxylic acids is 1. The Morgan fingerprint density at radius 1 is 1.26 bits per heavy atom. The van der Waals surface area contributed by atoms with Crippen LogP contribution in [-0.2, 0) is 17.3 Å². The Morgan fingerprint density at radius 2 is 2.00 bits per heavy atom. The van der Waals surface area contributed by atoms with E-state index in [1.54, 1.807) is 7.11 Å². The van der Waals surface area contributed by atoms with Crippen LogP contribution in [0.4, 0.5) is 0 Å². The third-order valence-corrected chi connectivity index (χ3v) is 6.68. The summed E-state index contributed by atoms with van der Waals surface area (Å²) in [5, 5.41) is 11.5. The Balaban J connectivity index is 1.73. The lowest BCUT2D eigenvalue weighted by molar-refractivity contribution is -0.140. The van der Waals surface area contributed by atoms with Gasteiger partial charge >= 0.3 is 0 Å². The molecule has 5 rings (SSSR count). The molecule has 1 saturated heterocycles. The molecular weight excluding hydrogens is 342 g/mol. The van der Waals surface area contributed by atoms with Crippen molar-refractivity contribution in [2.75, 3.05) is 40.4 Å². The fourth-order valence-electron chi connectivity index (χ4n) is 5.40. The van der Waals surface area contributed by atoms with Gasteiger partial charge in [-0.3, -0.25) is 4.79 Å². The summed E-state index contributed by atoms with van der Waals surface area (Å²) in [5.41, 5.74) is 3.47. The number of likely N-dealkylation sites (tertiary alicyclic amines) is 1. The SMILES string of the molecule is COc1ccc2c3c(n(C)c2c1)[C@@H](CO)N(C(=O)C1CC1)CC31CN(C)C1. The van der Waals surface area contributed by atoms with Crippen LogP contribution in [0, 0.1) is 5.92 Å². The van der Waals surface area contributed by atoms with Gasteiger partial charge in [0.25, 0.3) is 0 Å². The molecule has 0 bridgehead atoms. The molecule has 0 unspecified atom stereocenters. The number of carbonyl (C=O) groups is 1. The normalized spacial score (nSPS) is 24.1. The topological polar surface area (TPSA) is 57.9 Å². The minimum absolute atomic E-state index is 0.0430. The minimum atomic E-state index is -0.270. The summed E-state index contributed by atoms with van der Waals surface area (Å²) in [4.78, 5) is 17.3. The van der Waals surface area contributed by atoms with Gasteiger partial charge in [0, 0.05) is 55.2 Å². The van der Waals surface area contributed by atoms with E-state index in [0.29, 0.717) is 6.54 Å². The zero-order valence-electron chi connectivity index (χ0n) is 16.2. The molecule has 2 fully saturated rings. The highest BCUT2D eigenvalue weighted by Gasteiger charge is 2.54. The first-order chi connectivity index (χ1) is 13.0. The first-order valence-electron chi connectivity index (χ1n) is 9.76. The largest absolute Gasteiger partial charge is 0.497 e. The monoisotopic (exact) mass is 369 g/mol. The van der Waals surface area contributed by atoms with Crippen molar-refractivity contribution in [3.8, 4) is 5.75 Å². The number of hydrogen-bond acceptors (Lipinski definition) is 4. The number of likely N-dealkylation sites (N-methyl/N-ethyl adjacent to an activating group) is 1. The quantitative estimate of drug-likeness (QED) is 0.894. The van der Waals surface area contributed by atoms with Gasteiger partial charge < -0.3 is 24.2 Å². The Kier molecular flexibility index (Phi) is 3.62. The summed E-state index contributed by atoms with van der Waals surface area (Å²) in [7, 11) is 5.85. The van der Waals surface area contributed by atoms with Gasteiger partial charge in [-0.05, 0) is 37.6 Å². The second kappa shape index (κ2) is 5.72. The molecule has 6 heteroatoms. The highest BCUT2D eigenvalue weighted by molar-refractivity contribution is 5.90. The number of aryl methyl sites for hydroxylation is 1. The Labute approximate surface area is 159 Å². The number of rotatable bonds is 3. The van der Waals surface area contributed by atoms with Gasteiger partial charge in [0.05, 0.1) is 25.3 Å². The van der Waals surface area contributed by atoms with Crippen molar-refractivity contribution in [3.63, 3.8) is 0 Å². The van der Waals surface area contributed by atoms with E-state index in [9.17, 15) is 9.90 Å². The Bertz CT molecular complexity index is 924. The molecule has 6 nitrogen and oxygen atoms in total. The first kappa shape index (κ1) is 17.1. The molecule has 1 atom stereocenters. The van der Waals surface area contributed by atoms with Crippen molar-refractivity contribution in [2.24, 2.45) is 13.0 Å². The van der Waals surface area contributed by atoms with Crippen LogP contribution in [0.2, 0.25) is 0 Å². The van der Waals surface area contributed by atoms with E-state index in [-0.39, 0.29) is 29.9 Å². The number of hydrogen-bond donors (Lipinski definition) is 1. The molecule has 3 heterocycles. The van der Waals surface area contributed by atoms with Crippen molar-refractivity contribution < 1.29 is 14.6 Å². The molecule has 1 aromatic carbocycles. The fraction of sp³-hybridized carbons (Fsp3) is 0.571. The molecule has 144 valence electrons. The van der Waals surface area contributed by atoms with Crippen LogP contribution in [0.25, 0.3) is 10.9 Å². The number of benzene rings is 1. The average molecular weight is 369 g/mol. The Morgan fingerprint density at radius 3 is 2.59 bits per heavy atom. The number of methoxy groups -OCH3 is 1. The van der Waals surface area contributed by atoms with Gasteiger partial charge in [0.1, 0.15) is 5.75 Å². The van der Waals surface area contributed by atoms with E-state index in [0.717, 1.165) is 42.9 Å². The molecule has 1 spiro atoms. The van der Waals surface area contributed by atoms with Crippen molar-refractivity contribution in [2.45, 2.75) is 24.3 Å². The summed E-state index contributed by atoms with van der Waals surface area (Å²) >= 11 is 0. The van der Waals surface area contributed by atoms with Gasteiger partial charge in [-0.15, -0.1) is 0 Å². The number of amides is 1. The number of aromatic nitrogens is 1. The third-order valence-electron chi connectivity index (χ3n) is 6.68. The predicted molar refractivity (Wildman–Crippen MR) is 103 cm³/mol. The lowest BCUT2D eigenvalue weighted by atomic mass is 9.69. The summed E-state index contributed by atoms with van der Waals surface area (Å²) in [6.45, 7) is 2.55. The van der Waals surface area contributed by atoms with Crippen LogP contribution in [0.15, 0.2) is 18.2 Å². The second-order valence-electron chi connectivity index (χ2n) is 8.59. The molecule has 1 amide bonds. The summed E-state index contributed by atoms with van der Waals surface area (Å²) in [5.74, 6) is 1.20. The van der Waals surface area contributed by atoms with Gasteiger partial charge in [-0.1, -0.05) is 0 Å². The standard InChI is InChI=1S/C21H27N3O3/c1-22-10-21(11-22)12-24(20(26)13-4-5-13)17(9-25)19-18(21)15-7-6-14(27-3)8-16(15)23(19)2/h6-8,13,17,25H,4-5,9-12H2,1-3H3/t17-/m1/s1. The lowest BCUT2D eigenvalue weighted by Gasteiger charge is -2.55. The predicted octanol–water partition coefficient (Wildman–Crippen LogP) is 1.66. The molecule has 2 aliphatic heterocycles. The lowest BCUT2D eigenvalue weighted by Crippen LogP contribution is -2.66. The molecule has 1 saturated carbocycles. The van der Waals surface area contributed by atoms with Crippen LogP contribution < -0.4 is 4.74 Å². The fourth-order valence-corrected chi connectivity index (χ4v) is 5.40. The van der Waals surface area contributed by atoms with E-state index in [2.05, 4.69) is 28.6 Å². The number of nitrogens with zero attached hydrogens (tertiary/aromatic N) is 3. The molecule has 27 heavy (non-hydrogen) atoms. The van der Waals surface area contributed by atoms with Gasteiger partial charge in [-0.2, -0.15) is 0 Å². The molecule has 1 aromatic heterocycles. The molecule has 2 aromatic rings. The summed E-state index contributed by atoms with van der Waals surface area (Å²) in [6, 6.07) is 5.94. The average Bonchev–Trinajstić information content (AvgIpc) is 3.45. The Hall–Kier alpha value is -2.05. The van der Waals surface area contributed by atoms with Crippen LogP contribution >= 0.6 is 0 Å².